The standard InChI is InChI=1S/C11H12FNO4/c1-13(6-10(14)17-2)9-4-7(11(15)16)3-8(12)5-9/h3-5H,6H2,1-2H3,(H,15,16). The molecular formula is C11H12FNO4. The highest BCUT2D eigenvalue weighted by Gasteiger charge is 2.12. The minimum Gasteiger partial charge on any atom is -0.478 e. The molecule has 0 saturated heterocycles. The van der Waals surface area contributed by atoms with Crippen LogP contribution in [0.25, 0.3) is 0 Å². The third-order valence-electron chi connectivity index (χ3n) is 2.16. The van der Waals surface area contributed by atoms with Crippen molar-refractivity contribution in [2.75, 3.05) is 25.6 Å². The number of carbonyl (C=O) groups excluding carboxylic acids is 1. The van der Waals surface area contributed by atoms with Crippen LogP contribution >= 0.6 is 0 Å². The first kappa shape index (κ1) is 13.0. The third kappa shape index (κ3) is 3.44. The van der Waals surface area contributed by atoms with Crippen molar-refractivity contribution in [3.05, 3.63) is 29.6 Å². The molecule has 1 aromatic rings. The number of benzene rings is 1. The lowest BCUT2D eigenvalue weighted by Crippen LogP contribution is -2.26. The number of carboxylic acids is 1. The van der Waals surface area contributed by atoms with Crippen LogP contribution in [0.3, 0.4) is 0 Å². The minimum absolute atomic E-state index is 0.0843. The van der Waals surface area contributed by atoms with Crippen LogP contribution in [0.4, 0.5) is 10.1 Å². The van der Waals surface area contributed by atoms with Gasteiger partial charge in [0.25, 0.3) is 0 Å². The number of halogens is 1. The number of anilines is 1. The van der Waals surface area contributed by atoms with Gasteiger partial charge in [0.1, 0.15) is 12.4 Å². The largest absolute Gasteiger partial charge is 0.478 e. The number of likely N-dealkylation sites (N-methyl/N-ethyl adjacent to an activating group) is 1. The Morgan fingerprint density at radius 3 is 2.59 bits per heavy atom. The number of carboxylic acid groups (broad SMARTS) is 1. The second-order valence-electron chi connectivity index (χ2n) is 3.44. The average Bonchev–Trinajstić information content (AvgIpc) is 2.27. The van der Waals surface area contributed by atoms with Crippen molar-refractivity contribution in [3.8, 4) is 0 Å². The summed E-state index contributed by atoms with van der Waals surface area (Å²) in [5.74, 6) is -2.39. The number of rotatable bonds is 4. The molecule has 0 aliphatic rings. The fourth-order valence-corrected chi connectivity index (χ4v) is 1.27. The molecule has 5 nitrogen and oxygen atoms in total. The summed E-state index contributed by atoms with van der Waals surface area (Å²) in [6.45, 7) is -0.0843. The zero-order valence-electron chi connectivity index (χ0n) is 9.44. The van der Waals surface area contributed by atoms with Crippen molar-refractivity contribution < 1.29 is 23.8 Å². The molecule has 0 atom stereocenters. The predicted molar refractivity (Wildman–Crippen MR) is 58.6 cm³/mol. The summed E-state index contributed by atoms with van der Waals surface area (Å²) in [6.07, 6.45) is 0. The SMILES string of the molecule is COC(=O)CN(C)c1cc(F)cc(C(=O)O)c1. The molecule has 0 radical (unpaired) electrons. The normalized spacial score (nSPS) is 9.82. The van der Waals surface area contributed by atoms with Crippen LogP contribution in [-0.4, -0.2) is 37.7 Å². The van der Waals surface area contributed by atoms with Gasteiger partial charge in [0.2, 0.25) is 0 Å². The Morgan fingerprint density at radius 1 is 1.41 bits per heavy atom. The molecule has 92 valence electrons. The maximum absolute atomic E-state index is 13.2. The number of esters is 1. The van der Waals surface area contributed by atoms with E-state index in [1.807, 2.05) is 0 Å². The second-order valence-corrected chi connectivity index (χ2v) is 3.44. The maximum atomic E-state index is 13.2. The lowest BCUT2D eigenvalue weighted by molar-refractivity contribution is -0.138. The second kappa shape index (κ2) is 5.29. The van der Waals surface area contributed by atoms with E-state index in [-0.39, 0.29) is 12.1 Å². The summed E-state index contributed by atoms with van der Waals surface area (Å²) in [6, 6.07) is 3.35. The zero-order valence-corrected chi connectivity index (χ0v) is 9.44. The molecule has 1 rings (SSSR count). The topological polar surface area (TPSA) is 66.8 Å². The summed E-state index contributed by atoms with van der Waals surface area (Å²) in [7, 11) is 2.78. The van der Waals surface area contributed by atoms with Crippen molar-refractivity contribution in [1.82, 2.24) is 0 Å². The van der Waals surface area contributed by atoms with Gasteiger partial charge in [-0.05, 0) is 18.2 Å². The molecule has 0 aliphatic carbocycles. The first-order valence-corrected chi connectivity index (χ1v) is 4.76. The highest BCUT2D eigenvalue weighted by atomic mass is 19.1. The predicted octanol–water partition coefficient (Wildman–Crippen LogP) is 1.13. The molecule has 0 saturated carbocycles. The summed E-state index contributed by atoms with van der Waals surface area (Å²) in [4.78, 5) is 23.2. The minimum atomic E-state index is -1.22. The molecule has 0 heterocycles. The summed E-state index contributed by atoms with van der Waals surface area (Å²) < 4.78 is 17.6. The first-order valence-electron chi connectivity index (χ1n) is 4.76. The molecule has 0 amide bonds. The Kier molecular flexibility index (Phi) is 4.03. The van der Waals surface area contributed by atoms with Gasteiger partial charge in [0.15, 0.2) is 0 Å². The lowest BCUT2D eigenvalue weighted by Gasteiger charge is -2.18. The summed E-state index contributed by atoms with van der Waals surface area (Å²) >= 11 is 0. The van der Waals surface area contributed by atoms with E-state index < -0.39 is 17.8 Å². The van der Waals surface area contributed by atoms with Gasteiger partial charge in [-0.1, -0.05) is 0 Å². The van der Waals surface area contributed by atoms with Gasteiger partial charge in [0.05, 0.1) is 12.7 Å². The summed E-state index contributed by atoms with van der Waals surface area (Å²) in [5, 5.41) is 8.77. The third-order valence-corrected chi connectivity index (χ3v) is 2.16. The van der Waals surface area contributed by atoms with Crippen LogP contribution in [-0.2, 0) is 9.53 Å². The van der Waals surface area contributed by atoms with Crippen LogP contribution in [0.2, 0.25) is 0 Å². The molecule has 0 spiro atoms. The average molecular weight is 241 g/mol. The highest BCUT2D eigenvalue weighted by molar-refractivity contribution is 5.89. The van der Waals surface area contributed by atoms with E-state index in [4.69, 9.17) is 5.11 Å². The van der Waals surface area contributed by atoms with Crippen molar-refractivity contribution in [2.45, 2.75) is 0 Å². The van der Waals surface area contributed by atoms with E-state index in [2.05, 4.69) is 4.74 Å². The summed E-state index contributed by atoms with van der Waals surface area (Å²) in [5.41, 5.74) is 0.129. The first-order chi connectivity index (χ1) is 7.93. The van der Waals surface area contributed by atoms with Crippen LogP contribution in [0.5, 0.6) is 0 Å². The lowest BCUT2D eigenvalue weighted by atomic mass is 10.2. The van der Waals surface area contributed by atoms with Crippen LogP contribution in [0.1, 0.15) is 10.4 Å². The van der Waals surface area contributed by atoms with Crippen LogP contribution in [0.15, 0.2) is 18.2 Å². The van der Waals surface area contributed by atoms with E-state index in [9.17, 15) is 14.0 Å². The molecular weight excluding hydrogens is 229 g/mol. The van der Waals surface area contributed by atoms with Gasteiger partial charge in [-0.15, -0.1) is 0 Å². The van der Waals surface area contributed by atoms with Gasteiger partial charge >= 0.3 is 11.9 Å². The molecule has 6 heteroatoms. The zero-order chi connectivity index (χ0) is 13.0. The van der Waals surface area contributed by atoms with E-state index in [1.54, 1.807) is 0 Å². The molecule has 0 fully saturated rings. The number of aromatic carboxylic acids is 1. The quantitative estimate of drug-likeness (QED) is 0.800. The smallest absolute Gasteiger partial charge is 0.335 e. The van der Waals surface area contributed by atoms with Crippen LogP contribution in [0, 0.1) is 5.82 Å². The molecule has 0 bridgehead atoms. The van der Waals surface area contributed by atoms with Crippen molar-refractivity contribution in [1.29, 1.82) is 0 Å². The molecule has 1 N–H and O–H groups in total. The van der Waals surface area contributed by atoms with Crippen molar-refractivity contribution >= 4 is 17.6 Å². The molecule has 17 heavy (non-hydrogen) atoms. The number of hydrogen-bond donors (Lipinski definition) is 1. The van der Waals surface area contributed by atoms with Gasteiger partial charge in [-0.2, -0.15) is 0 Å². The maximum Gasteiger partial charge on any atom is 0.335 e. The number of hydrogen-bond acceptors (Lipinski definition) is 4. The van der Waals surface area contributed by atoms with Crippen molar-refractivity contribution in [2.24, 2.45) is 0 Å². The van der Waals surface area contributed by atoms with Crippen molar-refractivity contribution in [3.63, 3.8) is 0 Å². The molecule has 0 aliphatic heterocycles. The van der Waals surface area contributed by atoms with Gasteiger partial charge in [-0.25, -0.2) is 9.18 Å². The van der Waals surface area contributed by atoms with E-state index in [1.165, 1.54) is 25.1 Å². The Bertz CT molecular complexity index is 447. The fourth-order valence-electron chi connectivity index (χ4n) is 1.27. The molecule has 1 aromatic carbocycles. The molecule has 0 unspecified atom stereocenters. The van der Waals surface area contributed by atoms with E-state index >= 15 is 0 Å². The Hall–Kier alpha value is -2.11. The number of methoxy groups -OCH3 is 1. The van der Waals surface area contributed by atoms with Gasteiger partial charge in [0, 0.05) is 12.7 Å². The molecule has 0 aromatic heterocycles. The fraction of sp³-hybridized carbons (Fsp3) is 0.273. The Labute approximate surface area is 97.4 Å². The monoisotopic (exact) mass is 241 g/mol. The number of nitrogens with zero attached hydrogens (tertiary/aromatic N) is 1. The van der Waals surface area contributed by atoms with E-state index in [0.29, 0.717) is 5.69 Å². The number of ether oxygens (including phenoxy) is 1. The van der Waals surface area contributed by atoms with Gasteiger partial charge in [-0.3, -0.25) is 4.79 Å². The van der Waals surface area contributed by atoms with Gasteiger partial charge < -0.3 is 14.7 Å². The van der Waals surface area contributed by atoms with Crippen LogP contribution < -0.4 is 4.90 Å². The Balaban J connectivity index is 2.97. The van der Waals surface area contributed by atoms with E-state index in [0.717, 1.165) is 12.1 Å². The Morgan fingerprint density at radius 2 is 2.06 bits per heavy atom. The number of carbonyl (C=O) groups is 2. The highest BCUT2D eigenvalue weighted by Crippen LogP contribution is 2.17.